The minimum Gasteiger partial charge on any atom is -0.490 e. The summed E-state index contributed by atoms with van der Waals surface area (Å²) in [5.41, 5.74) is 2.30. The molecule has 5 nitrogen and oxygen atoms in total. The van der Waals surface area contributed by atoms with Gasteiger partial charge in [-0.25, -0.2) is 0 Å². The molecule has 2 aromatic carbocycles. The molecule has 154 valence electrons. The van der Waals surface area contributed by atoms with E-state index in [2.05, 4.69) is 24.4 Å². The lowest BCUT2D eigenvalue weighted by atomic mass is 10.0. The van der Waals surface area contributed by atoms with Gasteiger partial charge in [0, 0.05) is 23.6 Å². The predicted molar refractivity (Wildman–Crippen MR) is 112 cm³/mol. The van der Waals surface area contributed by atoms with Crippen LogP contribution in [0.3, 0.4) is 0 Å². The molecule has 6 heteroatoms. The van der Waals surface area contributed by atoms with Crippen LogP contribution < -0.4 is 14.8 Å². The molecule has 0 unspecified atom stereocenters. The van der Waals surface area contributed by atoms with E-state index in [4.69, 9.17) is 21.1 Å². The minimum absolute atomic E-state index is 0.110. The smallest absolute Gasteiger partial charge is 0.278 e. The highest BCUT2D eigenvalue weighted by Crippen LogP contribution is 2.37. The van der Waals surface area contributed by atoms with Crippen LogP contribution in [0.5, 0.6) is 11.5 Å². The normalized spacial score (nSPS) is 19.7. The Morgan fingerprint density at radius 1 is 1.14 bits per heavy atom. The maximum atomic E-state index is 13.0. The fourth-order valence-corrected chi connectivity index (χ4v) is 4.22. The quantitative estimate of drug-likeness (QED) is 0.813. The van der Waals surface area contributed by atoms with Crippen LogP contribution in [-0.2, 0) is 4.79 Å². The largest absolute Gasteiger partial charge is 0.490 e. The number of hydrogen-bond acceptors (Lipinski definition) is 3. The molecule has 2 aliphatic rings. The molecule has 29 heavy (non-hydrogen) atoms. The van der Waals surface area contributed by atoms with Gasteiger partial charge < -0.3 is 19.7 Å². The number of rotatable bonds is 5. The second kappa shape index (κ2) is 9.06. The second-order valence-corrected chi connectivity index (χ2v) is 8.22. The number of likely N-dealkylation sites (tertiary alicyclic amines) is 1. The van der Waals surface area contributed by atoms with E-state index in [1.807, 2.05) is 35.2 Å². The van der Waals surface area contributed by atoms with E-state index in [0.717, 1.165) is 47.9 Å². The molecule has 1 fully saturated rings. The number of quaternary nitrogens is 1. The van der Waals surface area contributed by atoms with Crippen molar-refractivity contribution < 1.29 is 19.6 Å². The van der Waals surface area contributed by atoms with Crippen molar-refractivity contribution in [3.8, 4) is 11.5 Å². The van der Waals surface area contributed by atoms with Crippen LogP contribution >= 0.6 is 11.6 Å². The molecule has 0 aliphatic carbocycles. The first-order chi connectivity index (χ1) is 14.1. The third kappa shape index (κ3) is 4.68. The van der Waals surface area contributed by atoms with E-state index in [9.17, 15) is 4.79 Å². The van der Waals surface area contributed by atoms with Crippen molar-refractivity contribution in [3.63, 3.8) is 0 Å². The maximum Gasteiger partial charge on any atom is 0.278 e. The SMILES string of the molecule is C[C@H]([NH2+]CC(=O)N1CCC[C@@H]1c1ccc2c(c1)OCCCO2)c1ccc(Cl)cc1. The Labute approximate surface area is 176 Å². The average Bonchev–Trinajstić information content (AvgIpc) is 3.11. The summed E-state index contributed by atoms with van der Waals surface area (Å²) in [5.74, 6) is 1.77. The van der Waals surface area contributed by atoms with Gasteiger partial charge in [0.15, 0.2) is 18.0 Å². The molecule has 1 saturated heterocycles. The van der Waals surface area contributed by atoms with Crippen molar-refractivity contribution in [2.24, 2.45) is 0 Å². The Morgan fingerprint density at radius 3 is 2.69 bits per heavy atom. The summed E-state index contributed by atoms with van der Waals surface area (Å²) in [6.45, 7) is 4.71. The van der Waals surface area contributed by atoms with Gasteiger partial charge in [0.05, 0.1) is 19.3 Å². The zero-order chi connectivity index (χ0) is 20.2. The minimum atomic E-state index is 0.110. The predicted octanol–water partition coefficient (Wildman–Crippen LogP) is 3.49. The van der Waals surface area contributed by atoms with Gasteiger partial charge in [0.2, 0.25) is 0 Å². The zero-order valence-electron chi connectivity index (χ0n) is 16.8. The number of amides is 1. The van der Waals surface area contributed by atoms with Gasteiger partial charge in [-0.3, -0.25) is 4.79 Å². The Balaban J connectivity index is 1.40. The lowest BCUT2D eigenvalue weighted by molar-refractivity contribution is -0.683. The number of carbonyl (C=O) groups is 1. The van der Waals surface area contributed by atoms with Crippen LogP contribution in [0, 0.1) is 0 Å². The van der Waals surface area contributed by atoms with E-state index >= 15 is 0 Å². The molecule has 2 aromatic rings. The number of nitrogens with zero attached hydrogens (tertiary/aromatic N) is 1. The standard InChI is InChI=1S/C23H27ClN2O3/c1-16(17-5-8-19(24)9-6-17)25-15-23(27)26-11-2-4-20(26)18-7-10-21-22(14-18)29-13-3-12-28-21/h5-10,14,16,20,25H,2-4,11-13,15H2,1H3/p+1/t16-,20+/m0/s1. The molecule has 2 heterocycles. The first-order valence-corrected chi connectivity index (χ1v) is 10.8. The monoisotopic (exact) mass is 415 g/mol. The van der Waals surface area contributed by atoms with E-state index in [1.165, 1.54) is 5.56 Å². The summed E-state index contributed by atoms with van der Waals surface area (Å²) in [6.07, 6.45) is 2.90. The Morgan fingerprint density at radius 2 is 1.90 bits per heavy atom. The fourth-order valence-electron chi connectivity index (χ4n) is 4.10. The zero-order valence-corrected chi connectivity index (χ0v) is 17.5. The van der Waals surface area contributed by atoms with Crippen LogP contribution in [0.4, 0.5) is 0 Å². The third-order valence-electron chi connectivity index (χ3n) is 5.77. The molecule has 0 saturated carbocycles. The summed E-state index contributed by atoms with van der Waals surface area (Å²) in [5, 5.41) is 2.82. The molecule has 4 rings (SSSR count). The first-order valence-electron chi connectivity index (χ1n) is 10.4. The summed E-state index contributed by atoms with van der Waals surface area (Å²) in [4.78, 5) is 15.0. The molecule has 0 bridgehead atoms. The summed E-state index contributed by atoms with van der Waals surface area (Å²) in [7, 11) is 0. The van der Waals surface area contributed by atoms with Gasteiger partial charge >= 0.3 is 0 Å². The van der Waals surface area contributed by atoms with Crippen molar-refractivity contribution >= 4 is 17.5 Å². The number of fused-ring (bicyclic) bond motifs is 1. The summed E-state index contributed by atoms with van der Waals surface area (Å²) in [6, 6.07) is 14.2. The van der Waals surface area contributed by atoms with Crippen LogP contribution in [0.2, 0.25) is 5.02 Å². The van der Waals surface area contributed by atoms with Crippen LogP contribution in [0.1, 0.15) is 49.4 Å². The number of carbonyl (C=O) groups excluding carboxylic acids is 1. The van der Waals surface area contributed by atoms with Gasteiger partial charge in [0.25, 0.3) is 5.91 Å². The topological polar surface area (TPSA) is 55.4 Å². The van der Waals surface area contributed by atoms with Gasteiger partial charge in [-0.2, -0.15) is 0 Å². The highest BCUT2D eigenvalue weighted by atomic mass is 35.5. The molecular weight excluding hydrogens is 388 g/mol. The molecular formula is C23H28ClN2O3+. The summed E-state index contributed by atoms with van der Waals surface area (Å²) >= 11 is 5.97. The first kappa shape index (κ1) is 20.0. The van der Waals surface area contributed by atoms with Crippen LogP contribution in [0.15, 0.2) is 42.5 Å². The van der Waals surface area contributed by atoms with Crippen molar-refractivity contribution in [1.82, 2.24) is 4.90 Å². The van der Waals surface area contributed by atoms with E-state index in [0.29, 0.717) is 19.8 Å². The highest BCUT2D eigenvalue weighted by Gasteiger charge is 2.31. The Hall–Kier alpha value is -2.24. The molecule has 0 aromatic heterocycles. The molecule has 2 N–H and O–H groups in total. The van der Waals surface area contributed by atoms with Gasteiger partial charge in [-0.15, -0.1) is 0 Å². The summed E-state index contributed by atoms with van der Waals surface area (Å²) < 4.78 is 11.6. The second-order valence-electron chi connectivity index (χ2n) is 7.78. The number of hydrogen-bond donors (Lipinski definition) is 1. The molecule has 0 radical (unpaired) electrons. The highest BCUT2D eigenvalue weighted by molar-refractivity contribution is 6.30. The molecule has 0 spiro atoms. The number of benzene rings is 2. The van der Waals surface area contributed by atoms with Crippen molar-refractivity contribution in [2.45, 2.75) is 38.3 Å². The van der Waals surface area contributed by atoms with Crippen LogP contribution in [-0.4, -0.2) is 37.1 Å². The lowest BCUT2D eigenvalue weighted by Gasteiger charge is -2.25. The van der Waals surface area contributed by atoms with E-state index in [-0.39, 0.29) is 18.0 Å². The van der Waals surface area contributed by atoms with E-state index in [1.54, 1.807) is 0 Å². The lowest BCUT2D eigenvalue weighted by Crippen LogP contribution is -2.87. The Kier molecular flexibility index (Phi) is 6.26. The van der Waals surface area contributed by atoms with Crippen molar-refractivity contribution in [3.05, 3.63) is 58.6 Å². The molecule has 2 aliphatic heterocycles. The van der Waals surface area contributed by atoms with Gasteiger partial charge in [-0.1, -0.05) is 29.8 Å². The number of halogens is 1. The Bertz CT molecular complexity index is 856. The van der Waals surface area contributed by atoms with E-state index < -0.39 is 0 Å². The third-order valence-corrected chi connectivity index (χ3v) is 6.02. The van der Waals surface area contributed by atoms with Crippen molar-refractivity contribution in [2.75, 3.05) is 26.3 Å². The van der Waals surface area contributed by atoms with Gasteiger partial charge in [-0.05, 0) is 49.6 Å². The number of ether oxygens (including phenoxy) is 2. The maximum absolute atomic E-state index is 13.0. The number of nitrogens with two attached hydrogens (primary N) is 1. The average molecular weight is 416 g/mol. The molecule has 1 amide bonds. The van der Waals surface area contributed by atoms with Crippen molar-refractivity contribution in [1.29, 1.82) is 0 Å². The van der Waals surface area contributed by atoms with Gasteiger partial charge in [0.1, 0.15) is 6.04 Å². The fraction of sp³-hybridized carbons (Fsp3) is 0.435. The van der Waals surface area contributed by atoms with Crippen LogP contribution in [0.25, 0.3) is 0 Å². The molecule has 2 atom stereocenters.